The number of nitrogens with one attached hydrogen (secondary N) is 1. The van der Waals surface area contributed by atoms with E-state index in [9.17, 15) is 0 Å². The molecular weight excluding hydrogens is 258 g/mol. The smallest absolute Gasteiger partial charge is 0.0547 e. The summed E-state index contributed by atoms with van der Waals surface area (Å²) >= 11 is 0. The second-order valence-corrected chi connectivity index (χ2v) is 8.18. The van der Waals surface area contributed by atoms with Gasteiger partial charge in [-0.25, -0.2) is 0 Å². The minimum absolute atomic E-state index is 0.120. The second kappa shape index (κ2) is 6.89. The van der Waals surface area contributed by atoms with Gasteiger partial charge in [0.15, 0.2) is 0 Å². The van der Waals surface area contributed by atoms with E-state index >= 15 is 0 Å². The van der Waals surface area contributed by atoms with Crippen LogP contribution in [0.1, 0.15) is 59.9 Å². The van der Waals surface area contributed by atoms with Crippen molar-refractivity contribution in [1.29, 1.82) is 0 Å². The molecule has 1 N–H and O–H groups in total. The van der Waals surface area contributed by atoms with Gasteiger partial charge in [-0.2, -0.15) is 0 Å². The van der Waals surface area contributed by atoms with E-state index in [1.165, 1.54) is 0 Å². The lowest BCUT2D eigenvalue weighted by Crippen LogP contribution is -2.39. The summed E-state index contributed by atoms with van der Waals surface area (Å²) in [4.78, 5) is 7.15. The van der Waals surface area contributed by atoms with Gasteiger partial charge in [-0.15, -0.1) is 0 Å². The van der Waals surface area contributed by atoms with Crippen LogP contribution in [-0.2, 0) is 13.1 Å². The quantitative estimate of drug-likeness (QED) is 0.893. The zero-order chi connectivity index (χ0) is 16.3. The molecule has 0 aliphatic rings. The Morgan fingerprint density at radius 3 is 2.19 bits per heavy atom. The zero-order valence-electron chi connectivity index (χ0n) is 15.1. The first-order chi connectivity index (χ1) is 9.49. The van der Waals surface area contributed by atoms with E-state index in [0.717, 1.165) is 24.5 Å². The van der Waals surface area contributed by atoms with Crippen molar-refractivity contribution in [2.75, 3.05) is 7.05 Å². The summed E-state index contributed by atoms with van der Waals surface area (Å²) in [5, 5.41) is 3.49. The third-order valence-electron chi connectivity index (χ3n) is 3.99. The summed E-state index contributed by atoms with van der Waals surface area (Å²) in [7, 11) is 2.18. The molecule has 1 aromatic rings. The van der Waals surface area contributed by atoms with Crippen molar-refractivity contribution in [3.8, 4) is 0 Å². The molecule has 0 aliphatic carbocycles. The first-order valence-corrected chi connectivity index (χ1v) is 7.89. The molecule has 1 rings (SSSR count). The van der Waals surface area contributed by atoms with E-state index in [-0.39, 0.29) is 11.0 Å². The molecule has 120 valence electrons. The highest BCUT2D eigenvalue weighted by Gasteiger charge is 2.24. The van der Waals surface area contributed by atoms with Crippen LogP contribution < -0.4 is 5.32 Å². The minimum Gasteiger partial charge on any atom is -0.306 e. The van der Waals surface area contributed by atoms with E-state index < -0.39 is 0 Å². The Morgan fingerprint density at radius 2 is 1.67 bits per heavy atom. The van der Waals surface area contributed by atoms with Crippen molar-refractivity contribution >= 4 is 0 Å². The van der Waals surface area contributed by atoms with E-state index in [0.29, 0.717) is 6.04 Å². The van der Waals surface area contributed by atoms with Crippen LogP contribution in [0.5, 0.6) is 0 Å². The molecule has 0 amide bonds. The lowest BCUT2D eigenvalue weighted by molar-refractivity contribution is 0.133. The van der Waals surface area contributed by atoms with Gasteiger partial charge in [-0.1, -0.05) is 26.8 Å². The van der Waals surface area contributed by atoms with Crippen LogP contribution in [0.3, 0.4) is 0 Å². The molecule has 0 bridgehead atoms. The number of pyridine rings is 1. The Morgan fingerprint density at radius 1 is 1.10 bits per heavy atom. The van der Waals surface area contributed by atoms with E-state index in [4.69, 9.17) is 4.98 Å². The first-order valence-electron chi connectivity index (χ1n) is 7.89. The van der Waals surface area contributed by atoms with Gasteiger partial charge in [0.05, 0.1) is 11.4 Å². The number of aromatic nitrogens is 1. The van der Waals surface area contributed by atoms with Crippen LogP contribution in [0.25, 0.3) is 0 Å². The Kier molecular flexibility index (Phi) is 5.94. The molecule has 1 heterocycles. The average Bonchev–Trinajstić information content (AvgIpc) is 2.34. The fourth-order valence-electron chi connectivity index (χ4n) is 2.13. The molecule has 1 unspecified atom stereocenters. The van der Waals surface area contributed by atoms with Crippen molar-refractivity contribution in [1.82, 2.24) is 15.2 Å². The monoisotopic (exact) mass is 291 g/mol. The van der Waals surface area contributed by atoms with Gasteiger partial charge in [0.2, 0.25) is 0 Å². The molecule has 0 radical (unpaired) electrons. The van der Waals surface area contributed by atoms with Gasteiger partial charge < -0.3 is 5.32 Å². The van der Waals surface area contributed by atoms with Crippen molar-refractivity contribution in [2.24, 2.45) is 5.41 Å². The predicted molar refractivity (Wildman–Crippen MR) is 91.2 cm³/mol. The van der Waals surface area contributed by atoms with Gasteiger partial charge >= 0.3 is 0 Å². The van der Waals surface area contributed by atoms with Crippen molar-refractivity contribution in [3.63, 3.8) is 0 Å². The van der Waals surface area contributed by atoms with Gasteiger partial charge in [0.25, 0.3) is 0 Å². The number of hydrogen-bond acceptors (Lipinski definition) is 3. The topological polar surface area (TPSA) is 28.2 Å². The molecule has 1 atom stereocenters. The predicted octanol–water partition coefficient (Wildman–Crippen LogP) is 3.84. The van der Waals surface area contributed by atoms with Crippen LogP contribution in [-0.4, -0.2) is 28.5 Å². The zero-order valence-corrected chi connectivity index (χ0v) is 15.1. The maximum atomic E-state index is 4.78. The fraction of sp³-hybridized carbons (Fsp3) is 0.722. The molecule has 0 saturated heterocycles. The summed E-state index contributed by atoms with van der Waals surface area (Å²) in [6.45, 7) is 17.4. The third kappa shape index (κ3) is 6.58. The number of nitrogens with zero attached hydrogens (tertiary/aromatic N) is 2. The third-order valence-corrected chi connectivity index (χ3v) is 3.99. The average molecular weight is 291 g/mol. The minimum atomic E-state index is 0.120. The Balaban J connectivity index is 2.68. The molecule has 1 aromatic heterocycles. The summed E-state index contributed by atoms with van der Waals surface area (Å²) in [6, 6.07) is 6.83. The van der Waals surface area contributed by atoms with Gasteiger partial charge in [0, 0.05) is 24.7 Å². The standard InChI is InChI=1S/C18H33N3/c1-14(17(2,3)4)21(8)13-16-11-9-10-15(20-16)12-19-18(5,6)7/h9-11,14,19H,12-13H2,1-8H3. The molecular formula is C18H33N3. The molecule has 21 heavy (non-hydrogen) atoms. The Labute approximate surface area is 131 Å². The van der Waals surface area contributed by atoms with Crippen LogP contribution in [0, 0.1) is 5.41 Å². The van der Waals surface area contributed by atoms with E-state index in [1.54, 1.807) is 0 Å². The molecule has 3 heteroatoms. The molecule has 0 fully saturated rings. The molecule has 0 aliphatic heterocycles. The Bertz CT molecular complexity index is 441. The lowest BCUT2D eigenvalue weighted by Gasteiger charge is -2.35. The van der Waals surface area contributed by atoms with Gasteiger partial charge in [-0.05, 0) is 52.3 Å². The number of rotatable bonds is 5. The highest BCUT2D eigenvalue weighted by molar-refractivity contribution is 5.11. The van der Waals surface area contributed by atoms with Gasteiger partial charge in [0.1, 0.15) is 0 Å². The van der Waals surface area contributed by atoms with Crippen LogP contribution >= 0.6 is 0 Å². The Hall–Kier alpha value is -0.930. The summed E-state index contributed by atoms with van der Waals surface area (Å²) in [5.41, 5.74) is 2.65. The van der Waals surface area contributed by atoms with Crippen LogP contribution in [0.2, 0.25) is 0 Å². The molecule has 3 nitrogen and oxygen atoms in total. The van der Waals surface area contributed by atoms with Crippen LogP contribution in [0.15, 0.2) is 18.2 Å². The number of hydrogen-bond donors (Lipinski definition) is 1. The fourth-order valence-corrected chi connectivity index (χ4v) is 2.13. The molecule has 0 saturated carbocycles. The van der Waals surface area contributed by atoms with Crippen molar-refractivity contribution in [3.05, 3.63) is 29.6 Å². The molecule has 0 aromatic carbocycles. The SMILES string of the molecule is CC(N(C)Cc1cccc(CNC(C)(C)C)n1)C(C)(C)C. The second-order valence-electron chi connectivity index (χ2n) is 8.18. The van der Waals surface area contributed by atoms with E-state index in [2.05, 4.69) is 83.9 Å². The normalized spacial score (nSPS) is 14.5. The van der Waals surface area contributed by atoms with E-state index in [1.807, 2.05) is 0 Å². The molecule has 0 spiro atoms. The van der Waals surface area contributed by atoms with Gasteiger partial charge in [-0.3, -0.25) is 9.88 Å². The summed E-state index contributed by atoms with van der Waals surface area (Å²) in [5.74, 6) is 0. The van der Waals surface area contributed by atoms with Crippen LogP contribution in [0.4, 0.5) is 0 Å². The first kappa shape index (κ1) is 18.1. The van der Waals surface area contributed by atoms with Crippen molar-refractivity contribution in [2.45, 2.75) is 73.1 Å². The summed E-state index contributed by atoms with van der Waals surface area (Å²) in [6.07, 6.45) is 0. The maximum Gasteiger partial charge on any atom is 0.0547 e. The van der Waals surface area contributed by atoms with Crippen molar-refractivity contribution < 1.29 is 0 Å². The highest BCUT2D eigenvalue weighted by atomic mass is 15.1. The maximum absolute atomic E-state index is 4.78. The lowest BCUT2D eigenvalue weighted by atomic mass is 9.87. The highest BCUT2D eigenvalue weighted by Crippen LogP contribution is 2.23. The summed E-state index contributed by atoms with van der Waals surface area (Å²) < 4.78 is 0. The largest absolute Gasteiger partial charge is 0.306 e.